The fourth-order valence-corrected chi connectivity index (χ4v) is 4.27. The van der Waals surface area contributed by atoms with Crippen LogP contribution in [0.5, 0.6) is 0 Å². The molecule has 2 aromatic rings. The normalized spacial score (nSPS) is 18.8. The molecular weight excluding hydrogens is 410 g/mol. The number of rotatable bonds is 7. The quantitative estimate of drug-likeness (QED) is 0.610. The Balaban J connectivity index is 0.000000478. The summed E-state index contributed by atoms with van der Waals surface area (Å²) in [6.07, 6.45) is 16.2. The molecule has 0 radical (unpaired) electrons. The molecule has 4 rings (SSSR count). The van der Waals surface area contributed by atoms with Crippen molar-refractivity contribution in [3.8, 4) is 0 Å². The zero-order valence-electron chi connectivity index (χ0n) is 19.0. The van der Waals surface area contributed by atoms with Crippen molar-refractivity contribution in [3.63, 3.8) is 0 Å². The molecular formula is C23H37N5O2S. The van der Waals surface area contributed by atoms with E-state index in [4.69, 9.17) is 21.7 Å². The van der Waals surface area contributed by atoms with Crippen molar-refractivity contribution in [2.24, 2.45) is 5.92 Å². The van der Waals surface area contributed by atoms with Gasteiger partial charge in [-0.2, -0.15) is 0 Å². The van der Waals surface area contributed by atoms with Crippen LogP contribution < -0.4 is 5.32 Å². The van der Waals surface area contributed by atoms with Gasteiger partial charge in [0.05, 0.1) is 19.1 Å². The lowest BCUT2D eigenvalue weighted by Gasteiger charge is -2.24. The van der Waals surface area contributed by atoms with Crippen LogP contribution in [0.3, 0.4) is 0 Å². The van der Waals surface area contributed by atoms with Crippen LogP contribution in [0.15, 0.2) is 18.9 Å². The molecule has 1 aliphatic heterocycles. The Kier molecular flexibility index (Phi) is 9.93. The van der Waals surface area contributed by atoms with Gasteiger partial charge in [0.25, 0.3) is 5.17 Å². The molecule has 8 heteroatoms. The smallest absolute Gasteiger partial charge is 0.256 e. The minimum Gasteiger partial charge on any atom is -0.471 e. The molecule has 0 spiro atoms. The standard InChI is InChI=1S/C19H29N5OS.C4H8O/c1-14(11-25-19(26)23-16-6-4-3-5-7-16)8-9-15(2)24-13-22-17-10-20-12-21-18(17)24;1-2-4-5-3-1/h10,12-16H,3-9,11H2,1-2H3,(H,23,26);1-4H2/t14-,15?;/m0./s1. The van der Waals surface area contributed by atoms with E-state index in [1.54, 1.807) is 12.5 Å². The zero-order valence-corrected chi connectivity index (χ0v) is 19.8. The predicted molar refractivity (Wildman–Crippen MR) is 127 cm³/mol. The van der Waals surface area contributed by atoms with Gasteiger partial charge >= 0.3 is 0 Å². The van der Waals surface area contributed by atoms with Crippen LogP contribution in [0.25, 0.3) is 11.2 Å². The molecule has 3 heterocycles. The Morgan fingerprint density at radius 1 is 1.16 bits per heavy atom. The van der Waals surface area contributed by atoms with E-state index >= 15 is 0 Å². The monoisotopic (exact) mass is 447 g/mol. The lowest BCUT2D eigenvalue weighted by atomic mass is 9.96. The van der Waals surface area contributed by atoms with Crippen LogP contribution in [0.2, 0.25) is 0 Å². The van der Waals surface area contributed by atoms with Gasteiger partial charge in [-0.05, 0) is 63.6 Å². The predicted octanol–water partition coefficient (Wildman–Crippen LogP) is 4.82. The zero-order chi connectivity index (χ0) is 21.9. The topological polar surface area (TPSA) is 74.1 Å². The largest absolute Gasteiger partial charge is 0.471 e. The minimum atomic E-state index is 0.338. The molecule has 1 saturated heterocycles. The Labute approximate surface area is 191 Å². The minimum absolute atomic E-state index is 0.338. The van der Waals surface area contributed by atoms with E-state index in [0.717, 1.165) is 37.2 Å². The molecule has 0 bridgehead atoms. The van der Waals surface area contributed by atoms with E-state index in [2.05, 4.69) is 38.7 Å². The summed E-state index contributed by atoms with van der Waals surface area (Å²) in [7, 11) is 0. The highest BCUT2D eigenvalue weighted by Crippen LogP contribution is 2.21. The summed E-state index contributed by atoms with van der Waals surface area (Å²) in [4.78, 5) is 12.7. The average molecular weight is 448 g/mol. The Morgan fingerprint density at radius 2 is 1.94 bits per heavy atom. The summed E-state index contributed by atoms with van der Waals surface area (Å²) < 4.78 is 12.8. The van der Waals surface area contributed by atoms with E-state index in [1.165, 1.54) is 44.9 Å². The maximum Gasteiger partial charge on any atom is 0.256 e. The summed E-state index contributed by atoms with van der Waals surface area (Å²) in [5, 5.41) is 3.93. The molecule has 0 amide bonds. The first-order valence-corrected chi connectivity index (χ1v) is 12.2. The third kappa shape index (κ3) is 8.00. The van der Waals surface area contributed by atoms with Gasteiger partial charge in [-0.1, -0.05) is 26.2 Å². The lowest BCUT2D eigenvalue weighted by molar-refractivity contribution is 0.198. The summed E-state index contributed by atoms with van der Waals surface area (Å²) in [5.74, 6) is 0.452. The van der Waals surface area contributed by atoms with Gasteiger partial charge in [0.15, 0.2) is 5.65 Å². The van der Waals surface area contributed by atoms with Crippen LogP contribution >= 0.6 is 12.2 Å². The van der Waals surface area contributed by atoms with Gasteiger partial charge < -0.3 is 19.4 Å². The number of aromatic nitrogens is 4. The Hall–Kier alpha value is -1.80. The number of fused-ring (bicyclic) bond motifs is 1. The van der Waals surface area contributed by atoms with Crippen LogP contribution in [0.4, 0.5) is 0 Å². The summed E-state index contributed by atoms with van der Waals surface area (Å²) in [6, 6.07) is 0.841. The van der Waals surface area contributed by atoms with E-state index in [-0.39, 0.29) is 0 Å². The molecule has 2 aromatic heterocycles. The highest BCUT2D eigenvalue weighted by Gasteiger charge is 2.16. The van der Waals surface area contributed by atoms with Crippen LogP contribution in [-0.2, 0) is 9.47 Å². The van der Waals surface area contributed by atoms with Crippen LogP contribution in [0, 0.1) is 5.92 Å². The van der Waals surface area contributed by atoms with Gasteiger partial charge in [0.2, 0.25) is 0 Å². The van der Waals surface area contributed by atoms with Gasteiger partial charge in [-0.3, -0.25) is 0 Å². The van der Waals surface area contributed by atoms with Gasteiger partial charge in [0.1, 0.15) is 11.8 Å². The van der Waals surface area contributed by atoms with Crippen molar-refractivity contribution in [1.82, 2.24) is 24.8 Å². The molecule has 31 heavy (non-hydrogen) atoms. The van der Waals surface area contributed by atoms with Crippen molar-refractivity contribution in [3.05, 3.63) is 18.9 Å². The molecule has 7 nitrogen and oxygen atoms in total. The number of imidazole rings is 1. The third-order valence-corrected chi connectivity index (χ3v) is 6.28. The van der Waals surface area contributed by atoms with E-state index in [1.807, 2.05) is 6.33 Å². The first kappa shape index (κ1) is 23.9. The van der Waals surface area contributed by atoms with Crippen molar-refractivity contribution in [2.75, 3.05) is 19.8 Å². The molecule has 2 atom stereocenters. The fraction of sp³-hybridized carbons (Fsp3) is 0.739. The number of hydrogen-bond acceptors (Lipinski definition) is 6. The van der Waals surface area contributed by atoms with Gasteiger partial charge in [0, 0.05) is 25.3 Å². The number of ether oxygens (including phenoxy) is 2. The van der Waals surface area contributed by atoms with E-state index in [0.29, 0.717) is 29.8 Å². The van der Waals surface area contributed by atoms with Gasteiger partial charge in [-0.25, -0.2) is 15.0 Å². The molecule has 2 fully saturated rings. The molecule has 1 N–H and O–H groups in total. The van der Waals surface area contributed by atoms with Crippen molar-refractivity contribution in [1.29, 1.82) is 0 Å². The molecule has 172 valence electrons. The third-order valence-electron chi connectivity index (χ3n) is 6.04. The molecule has 1 saturated carbocycles. The Bertz CT molecular complexity index is 782. The maximum atomic E-state index is 5.78. The Morgan fingerprint density at radius 3 is 2.65 bits per heavy atom. The number of nitrogens with one attached hydrogen (secondary N) is 1. The van der Waals surface area contributed by atoms with E-state index < -0.39 is 0 Å². The van der Waals surface area contributed by atoms with Gasteiger partial charge in [-0.15, -0.1) is 0 Å². The van der Waals surface area contributed by atoms with Crippen LogP contribution in [0.1, 0.15) is 77.7 Å². The summed E-state index contributed by atoms with van der Waals surface area (Å²) >= 11 is 5.35. The van der Waals surface area contributed by atoms with Crippen molar-refractivity contribution < 1.29 is 9.47 Å². The number of thiocarbonyl (C=S) groups is 1. The van der Waals surface area contributed by atoms with E-state index in [9.17, 15) is 0 Å². The molecule has 0 aromatic carbocycles. The van der Waals surface area contributed by atoms with Crippen molar-refractivity contribution >= 4 is 28.6 Å². The second-order valence-electron chi connectivity index (χ2n) is 8.81. The molecule has 1 unspecified atom stereocenters. The highest BCUT2D eigenvalue weighted by atomic mass is 32.1. The lowest BCUT2D eigenvalue weighted by Crippen LogP contribution is -2.37. The first-order chi connectivity index (χ1) is 15.1. The highest BCUT2D eigenvalue weighted by molar-refractivity contribution is 7.80. The first-order valence-electron chi connectivity index (χ1n) is 11.8. The summed E-state index contributed by atoms with van der Waals surface area (Å²) in [6.45, 7) is 7.08. The summed E-state index contributed by atoms with van der Waals surface area (Å²) in [5.41, 5.74) is 1.74. The molecule has 1 aliphatic carbocycles. The fourth-order valence-electron chi connectivity index (χ4n) is 4.04. The number of hydrogen-bond donors (Lipinski definition) is 1. The SMILES string of the molecule is C1CCOC1.CC(CC[C@H](C)COC(=S)NC1CCCCC1)n1cnc2cncnc21. The second kappa shape index (κ2) is 12.9. The maximum absolute atomic E-state index is 5.78. The second-order valence-corrected chi connectivity index (χ2v) is 9.18. The molecule has 2 aliphatic rings. The average Bonchev–Trinajstić information content (AvgIpc) is 3.50. The van der Waals surface area contributed by atoms with Crippen molar-refractivity contribution in [2.45, 2.75) is 83.7 Å². The van der Waals surface area contributed by atoms with Crippen LogP contribution in [-0.4, -0.2) is 50.6 Å². The number of nitrogens with zero attached hydrogens (tertiary/aromatic N) is 4.